The van der Waals surface area contributed by atoms with Crippen LogP contribution < -0.4 is 5.32 Å². The molecule has 0 saturated carbocycles. The van der Waals surface area contributed by atoms with Crippen LogP contribution in [0, 0.1) is 0 Å². The highest BCUT2D eigenvalue weighted by molar-refractivity contribution is 6.28. The zero-order valence-electron chi connectivity index (χ0n) is 11.4. The van der Waals surface area contributed by atoms with Gasteiger partial charge in [-0.15, -0.1) is 0 Å². The number of rotatable bonds is 1. The predicted octanol–water partition coefficient (Wildman–Crippen LogP) is 2.42. The van der Waals surface area contributed by atoms with Crippen LogP contribution in [0.2, 0.25) is 5.22 Å². The standard InChI is InChI=1S/C13H10ClF3N2O4/c14-9-2-1-8(22-9)10-7-4-18-3-6(7)5-19(10)12(21)23-11(20)13(15,16)17/h1-2,10,18H,3-5H2. The van der Waals surface area contributed by atoms with Crippen LogP contribution in [0.5, 0.6) is 0 Å². The fourth-order valence-corrected chi connectivity index (χ4v) is 2.84. The number of carbonyl (C=O) groups is 2. The summed E-state index contributed by atoms with van der Waals surface area (Å²) in [7, 11) is 0. The first-order valence-corrected chi connectivity index (χ1v) is 6.91. The molecule has 0 saturated heterocycles. The van der Waals surface area contributed by atoms with E-state index in [1.165, 1.54) is 12.1 Å². The van der Waals surface area contributed by atoms with E-state index < -0.39 is 24.3 Å². The van der Waals surface area contributed by atoms with Crippen LogP contribution in [0.3, 0.4) is 0 Å². The van der Waals surface area contributed by atoms with E-state index in [2.05, 4.69) is 10.1 Å². The van der Waals surface area contributed by atoms with Crippen LogP contribution in [0.1, 0.15) is 11.8 Å². The number of esters is 1. The Labute approximate surface area is 132 Å². The number of alkyl halides is 3. The first-order chi connectivity index (χ1) is 10.8. The van der Waals surface area contributed by atoms with Crippen molar-refractivity contribution >= 4 is 23.7 Å². The van der Waals surface area contributed by atoms with Crippen LogP contribution in [0.4, 0.5) is 18.0 Å². The van der Waals surface area contributed by atoms with Gasteiger partial charge >= 0.3 is 18.2 Å². The molecule has 2 aliphatic heterocycles. The smallest absolute Gasteiger partial charge is 0.447 e. The average molecular weight is 351 g/mol. The number of hydrogen-bond acceptors (Lipinski definition) is 5. The Morgan fingerprint density at radius 3 is 2.70 bits per heavy atom. The quantitative estimate of drug-likeness (QED) is 0.478. The highest BCUT2D eigenvalue weighted by atomic mass is 35.5. The van der Waals surface area contributed by atoms with Crippen molar-refractivity contribution < 1.29 is 31.9 Å². The van der Waals surface area contributed by atoms with Crippen LogP contribution in [0.25, 0.3) is 0 Å². The molecule has 1 aromatic heterocycles. The molecular formula is C13H10ClF3N2O4. The molecule has 1 atom stereocenters. The maximum absolute atomic E-state index is 12.2. The van der Waals surface area contributed by atoms with E-state index in [1.807, 2.05) is 0 Å². The van der Waals surface area contributed by atoms with E-state index in [1.54, 1.807) is 0 Å². The van der Waals surface area contributed by atoms with Gasteiger partial charge in [0.15, 0.2) is 5.22 Å². The second-order valence-corrected chi connectivity index (χ2v) is 5.43. The number of halogens is 4. The van der Waals surface area contributed by atoms with Crippen molar-refractivity contribution in [1.82, 2.24) is 10.2 Å². The lowest BCUT2D eigenvalue weighted by Gasteiger charge is -2.25. The Kier molecular flexibility index (Phi) is 3.85. The number of nitrogens with zero attached hydrogens (tertiary/aromatic N) is 1. The van der Waals surface area contributed by atoms with Gasteiger partial charge in [0.1, 0.15) is 11.8 Å². The van der Waals surface area contributed by atoms with Crippen molar-refractivity contribution in [2.45, 2.75) is 12.2 Å². The first kappa shape index (κ1) is 15.9. The molecular weight excluding hydrogens is 341 g/mol. The monoisotopic (exact) mass is 350 g/mol. The summed E-state index contributed by atoms with van der Waals surface area (Å²) in [5.41, 5.74) is 1.64. The number of amides is 1. The summed E-state index contributed by atoms with van der Waals surface area (Å²) in [5.74, 6) is -2.26. The summed E-state index contributed by atoms with van der Waals surface area (Å²) < 4.78 is 45.9. The van der Waals surface area contributed by atoms with Crippen molar-refractivity contribution in [1.29, 1.82) is 0 Å². The minimum atomic E-state index is -5.24. The second kappa shape index (κ2) is 5.57. The molecule has 23 heavy (non-hydrogen) atoms. The van der Waals surface area contributed by atoms with Crippen molar-refractivity contribution in [2.75, 3.05) is 19.6 Å². The molecule has 0 bridgehead atoms. The largest absolute Gasteiger partial charge is 0.491 e. The highest BCUT2D eigenvalue weighted by Crippen LogP contribution is 2.40. The molecule has 0 aromatic carbocycles. The maximum Gasteiger partial charge on any atom is 0.491 e. The molecule has 0 fully saturated rings. The maximum atomic E-state index is 12.2. The van der Waals surface area contributed by atoms with Crippen LogP contribution in [-0.4, -0.2) is 42.8 Å². The van der Waals surface area contributed by atoms with Gasteiger partial charge in [-0.1, -0.05) is 0 Å². The van der Waals surface area contributed by atoms with Gasteiger partial charge in [0, 0.05) is 19.6 Å². The Morgan fingerprint density at radius 2 is 2.09 bits per heavy atom. The highest BCUT2D eigenvalue weighted by Gasteiger charge is 2.46. The first-order valence-electron chi connectivity index (χ1n) is 6.53. The van der Waals surface area contributed by atoms with E-state index in [0.29, 0.717) is 18.8 Å². The second-order valence-electron chi connectivity index (χ2n) is 5.06. The summed E-state index contributed by atoms with van der Waals surface area (Å²) in [6, 6.07) is 2.23. The van der Waals surface area contributed by atoms with Crippen molar-refractivity contribution in [3.63, 3.8) is 0 Å². The molecule has 0 aliphatic carbocycles. The molecule has 1 N–H and O–H groups in total. The molecule has 1 amide bonds. The van der Waals surface area contributed by atoms with Gasteiger partial charge in [0.05, 0.1) is 0 Å². The molecule has 2 aliphatic rings. The number of hydrogen-bond donors (Lipinski definition) is 1. The normalized spacial score (nSPS) is 20.9. The third-order valence-corrected chi connectivity index (χ3v) is 3.82. The van der Waals surface area contributed by atoms with Crippen LogP contribution in [0.15, 0.2) is 27.7 Å². The molecule has 0 radical (unpaired) electrons. The summed E-state index contributed by atoms with van der Waals surface area (Å²) in [6.45, 7) is 1.00. The lowest BCUT2D eigenvalue weighted by Crippen LogP contribution is -2.39. The molecule has 3 rings (SSSR count). The van der Waals surface area contributed by atoms with Gasteiger partial charge in [-0.25, -0.2) is 9.59 Å². The number of furan rings is 1. The summed E-state index contributed by atoms with van der Waals surface area (Å²) in [5, 5.41) is 3.16. The van der Waals surface area contributed by atoms with Crippen LogP contribution in [-0.2, 0) is 9.53 Å². The summed E-state index contributed by atoms with van der Waals surface area (Å²) in [4.78, 5) is 23.9. The van der Waals surface area contributed by atoms with Crippen molar-refractivity contribution in [3.05, 3.63) is 34.3 Å². The van der Waals surface area contributed by atoms with E-state index in [0.717, 1.165) is 16.0 Å². The van der Waals surface area contributed by atoms with Gasteiger partial charge < -0.3 is 14.5 Å². The topological polar surface area (TPSA) is 71.8 Å². The zero-order chi connectivity index (χ0) is 16.8. The molecule has 6 nitrogen and oxygen atoms in total. The lowest BCUT2D eigenvalue weighted by molar-refractivity contribution is -0.193. The van der Waals surface area contributed by atoms with Crippen LogP contribution >= 0.6 is 11.6 Å². The van der Waals surface area contributed by atoms with Crippen molar-refractivity contribution in [2.24, 2.45) is 0 Å². The molecule has 1 unspecified atom stereocenters. The number of nitrogens with one attached hydrogen (secondary N) is 1. The predicted molar refractivity (Wildman–Crippen MR) is 70.6 cm³/mol. The minimum absolute atomic E-state index is 0.0509. The molecule has 3 heterocycles. The van der Waals surface area contributed by atoms with E-state index >= 15 is 0 Å². The molecule has 0 spiro atoms. The van der Waals surface area contributed by atoms with Gasteiger partial charge in [0.25, 0.3) is 0 Å². The zero-order valence-corrected chi connectivity index (χ0v) is 12.2. The van der Waals surface area contributed by atoms with E-state index in [-0.39, 0.29) is 11.8 Å². The Hall–Kier alpha value is -2.00. The Balaban J connectivity index is 1.84. The molecule has 10 heteroatoms. The van der Waals surface area contributed by atoms with Crippen molar-refractivity contribution in [3.8, 4) is 0 Å². The molecule has 1 aromatic rings. The fourth-order valence-electron chi connectivity index (χ4n) is 2.69. The van der Waals surface area contributed by atoms with E-state index in [9.17, 15) is 22.8 Å². The van der Waals surface area contributed by atoms with Gasteiger partial charge in [-0.05, 0) is 34.9 Å². The van der Waals surface area contributed by atoms with E-state index in [4.69, 9.17) is 16.0 Å². The molecule has 124 valence electrons. The summed E-state index contributed by atoms with van der Waals surface area (Å²) in [6.07, 6.45) is -6.62. The summed E-state index contributed by atoms with van der Waals surface area (Å²) >= 11 is 5.72. The third kappa shape index (κ3) is 2.93. The van der Waals surface area contributed by atoms with Gasteiger partial charge in [0.2, 0.25) is 0 Å². The van der Waals surface area contributed by atoms with Gasteiger partial charge in [-0.2, -0.15) is 13.2 Å². The SMILES string of the molecule is O=C(OC(=O)C(F)(F)F)N1CC2=C(CNC2)C1c1ccc(Cl)o1. The number of carbonyl (C=O) groups excluding carboxylic acids is 2. The fraction of sp³-hybridized carbons (Fsp3) is 0.385. The Morgan fingerprint density at radius 1 is 1.35 bits per heavy atom. The minimum Gasteiger partial charge on any atom is -0.447 e. The lowest BCUT2D eigenvalue weighted by atomic mass is 10.1. The third-order valence-electron chi connectivity index (χ3n) is 3.62. The Bertz CT molecular complexity index is 698. The number of ether oxygens (including phenoxy) is 1. The average Bonchev–Trinajstić information content (AvgIpc) is 3.11. The van der Waals surface area contributed by atoms with Gasteiger partial charge in [-0.3, -0.25) is 4.90 Å².